The summed E-state index contributed by atoms with van der Waals surface area (Å²) < 4.78 is 43.9. The molecule has 0 spiro atoms. The van der Waals surface area contributed by atoms with Crippen molar-refractivity contribution >= 4 is 5.97 Å². The van der Waals surface area contributed by atoms with Gasteiger partial charge < -0.3 is 4.74 Å². The molecule has 1 saturated carbocycles. The first kappa shape index (κ1) is 18.0. The topological polar surface area (TPSA) is 26.3 Å². The van der Waals surface area contributed by atoms with Crippen molar-refractivity contribution in [2.75, 3.05) is 6.61 Å². The van der Waals surface area contributed by atoms with Crippen LogP contribution in [0.4, 0.5) is 13.2 Å². The van der Waals surface area contributed by atoms with E-state index in [1.54, 1.807) is 6.92 Å². The van der Waals surface area contributed by atoms with E-state index in [-0.39, 0.29) is 12.0 Å². The van der Waals surface area contributed by atoms with Gasteiger partial charge in [-0.25, -0.2) is 0 Å². The highest BCUT2D eigenvalue weighted by Gasteiger charge is 2.51. The second-order valence-corrected chi connectivity index (χ2v) is 7.77. The molecule has 0 aliphatic heterocycles. The van der Waals surface area contributed by atoms with Crippen molar-refractivity contribution in [3.8, 4) is 0 Å². The molecule has 3 aliphatic rings. The Kier molecular flexibility index (Phi) is 4.46. The summed E-state index contributed by atoms with van der Waals surface area (Å²) in [6, 6.07) is 4.87. The fourth-order valence-corrected chi connectivity index (χ4v) is 4.04. The number of alkyl halides is 3. The molecular formula is C20H23F3O2. The van der Waals surface area contributed by atoms with Gasteiger partial charge in [0.15, 0.2) is 0 Å². The van der Waals surface area contributed by atoms with Crippen LogP contribution in [0.15, 0.2) is 35.9 Å². The molecule has 0 heterocycles. The van der Waals surface area contributed by atoms with E-state index in [4.69, 9.17) is 4.74 Å². The van der Waals surface area contributed by atoms with Crippen LogP contribution in [0.2, 0.25) is 0 Å². The van der Waals surface area contributed by atoms with Crippen LogP contribution in [-0.2, 0) is 15.7 Å². The van der Waals surface area contributed by atoms with Crippen molar-refractivity contribution in [1.82, 2.24) is 0 Å². The van der Waals surface area contributed by atoms with Gasteiger partial charge in [0.05, 0.1) is 11.5 Å². The lowest BCUT2D eigenvalue weighted by Gasteiger charge is -2.56. The van der Waals surface area contributed by atoms with Gasteiger partial charge in [0.25, 0.3) is 0 Å². The van der Waals surface area contributed by atoms with Crippen LogP contribution in [-0.4, -0.2) is 12.6 Å². The number of carbonyl (C=O) groups is 1. The van der Waals surface area contributed by atoms with Crippen molar-refractivity contribution in [2.24, 2.45) is 17.3 Å². The molecule has 3 atom stereocenters. The number of carbonyl (C=O) groups excluding carboxylic acids is 1. The largest absolute Gasteiger partial charge is 0.461 e. The minimum absolute atomic E-state index is 0.239. The third kappa shape index (κ3) is 3.33. The number of fused-ring (bicyclic) bond motifs is 1. The molecule has 25 heavy (non-hydrogen) atoms. The lowest BCUT2D eigenvalue weighted by atomic mass is 9.49. The second kappa shape index (κ2) is 6.19. The Morgan fingerprint density at radius 1 is 1.36 bits per heavy atom. The Bertz CT molecular complexity index is 703. The quantitative estimate of drug-likeness (QED) is 0.540. The Balaban J connectivity index is 1.63. The molecule has 1 aromatic carbocycles. The lowest BCUT2D eigenvalue weighted by Crippen LogP contribution is -2.48. The van der Waals surface area contributed by atoms with Crippen LogP contribution >= 0.6 is 0 Å². The number of esters is 1. The number of allylic oxidation sites excluding steroid dienone is 1. The van der Waals surface area contributed by atoms with E-state index < -0.39 is 23.6 Å². The minimum Gasteiger partial charge on any atom is -0.461 e. The molecule has 0 unspecified atom stereocenters. The first-order valence-corrected chi connectivity index (χ1v) is 8.63. The summed E-state index contributed by atoms with van der Waals surface area (Å²) in [5, 5.41) is 0. The van der Waals surface area contributed by atoms with Crippen LogP contribution in [0.1, 0.15) is 50.7 Å². The normalized spacial score (nSPS) is 25.6. The highest BCUT2D eigenvalue weighted by atomic mass is 19.4. The molecule has 0 radical (unpaired) electrons. The third-order valence-electron chi connectivity index (χ3n) is 6.03. The summed E-state index contributed by atoms with van der Waals surface area (Å²) in [6.07, 6.45) is -0.107. The minimum atomic E-state index is -4.42. The molecule has 3 aliphatic carbocycles. The van der Waals surface area contributed by atoms with Crippen LogP contribution in [0, 0.1) is 17.3 Å². The number of benzene rings is 1. The molecule has 0 saturated heterocycles. The van der Waals surface area contributed by atoms with E-state index in [2.05, 4.69) is 19.9 Å². The first-order chi connectivity index (χ1) is 11.6. The van der Waals surface area contributed by atoms with Gasteiger partial charge in [0.1, 0.15) is 6.61 Å². The van der Waals surface area contributed by atoms with E-state index in [0.29, 0.717) is 17.4 Å². The van der Waals surface area contributed by atoms with Crippen molar-refractivity contribution in [3.05, 3.63) is 47.0 Å². The Labute approximate surface area is 146 Å². The van der Waals surface area contributed by atoms with E-state index in [1.165, 1.54) is 12.1 Å². The molecule has 136 valence electrons. The van der Waals surface area contributed by atoms with Crippen molar-refractivity contribution < 1.29 is 22.7 Å². The fraction of sp³-hybridized carbons (Fsp3) is 0.550. The zero-order valence-electron chi connectivity index (χ0n) is 14.7. The summed E-state index contributed by atoms with van der Waals surface area (Å²) in [6.45, 7) is 6.30. The molecule has 0 amide bonds. The highest BCUT2D eigenvalue weighted by Crippen LogP contribution is 2.59. The average molecular weight is 352 g/mol. The van der Waals surface area contributed by atoms with E-state index in [9.17, 15) is 18.0 Å². The first-order valence-electron chi connectivity index (χ1n) is 8.63. The van der Waals surface area contributed by atoms with Gasteiger partial charge in [-0.1, -0.05) is 38.1 Å². The second-order valence-electron chi connectivity index (χ2n) is 7.77. The van der Waals surface area contributed by atoms with E-state index in [1.807, 2.05) is 0 Å². The standard InChI is InChI=1S/C20H23F3O2/c1-12(13-5-4-6-16(9-13)20(21,22)23)18(24)25-11-14-7-8-15-10-17(14)19(15,2)3/h4-7,9,12,15,17H,8,10-11H2,1-3H3/t12-,15-,17-/m1/s1. The smallest absolute Gasteiger partial charge is 0.416 e. The predicted molar refractivity (Wildman–Crippen MR) is 88.9 cm³/mol. The number of hydrogen-bond acceptors (Lipinski definition) is 2. The van der Waals surface area contributed by atoms with Crippen molar-refractivity contribution in [2.45, 2.75) is 45.7 Å². The number of halogens is 3. The molecular weight excluding hydrogens is 329 g/mol. The molecule has 4 rings (SSSR count). The maximum Gasteiger partial charge on any atom is 0.416 e. The summed E-state index contributed by atoms with van der Waals surface area (Å²) in [5.41, 5.74) is 0.976. The van der Waals surface area contributed by atoms with Crippen LogP contribution in [0.25, 0.3) is 0 Å². The Morgan fingerprint density at radius 3 is 2.68 bits per heavy atom. The van der Waals surface area contributed by atoms with Crippen LogP contribution in [0.3, 0.4) is 0 Å². The zero-order chi connectivity index (χ0) is 18.4. The fourth-order valence-electron chi connectivity index (χ4n) is 4.04. The molecule has 1 fully saturated rings. The van der Waals surface area contributed by atoms with Crippen molar-refractivity contribution in [3.63, 3.8) is 0 Å². The number of ether oxygens (including phenoxy) is 1. The third-order valence-corrected chi connectivity index (χ3v) is 6.03. The monoisotopic (exact) mass is 352 g/mol. The number of rotatable bonds is 4. The summed E-state index contributed by atoms with van der Waals surface area (Å²) >= 11 is 0. The molecule has 0 aromatic heterocycles. The SMILES string of the molecule is C[C@@H](C(=O)OCC1=CC[C@@H]2C[C@H]1C2(C)C)c1cccc(C(F)(F)F)c1. The van der Waals surface area contributed by atoms with Gasteiger partial charge in [-0.3, -0.25) is 4.79 Å². The van der Waals surface area contributed by atoms with Gasteiger partial charge in [-0.15, -0.1) is 0 Å². The predicted octanol–water partition coefficient (Wildman–Crippen LogP) is 5.34. The molecule has 1 aromatic rings. The van der Waals surface area contributed by atoms with Crippen molar-refractivity contribution in [1.29, 1.82) is 0 Å². The highest BCUT2D eigenvalue weighted by molar-refractivity contribution is 5.77. The Morgan fingerprint density at radius 2 is 2.08 bits per heavy atom. The summed E-state index contributed by atoms with van der Waals surface area (Å²) in [5.74, 6) is -0.0583. The molecule has 5 heteroatoms. The molecule has 0 N–H and O–H groups in total. The molecule has 2 nitrogen and oxygen atoms in total. The van der Waals surface area contributed by atoms with Crippen LogP contribution in [0.5, 0.6) is 0 Å². The van der Waals surface area contributed by atoms with Gasteiger partial charge in [0, 0.05) is 0 Å². The Hall–Kier alpha value is -1.78. The maximum atomic E-state index is 12.8. The number of hydrogen-bond donors (Lipinski definition) is 0. The van der Waals surface area contributed by atoms with Gasteiger partial charge in [0.2, 0.25) is 0 Å². The van der Waals surface area contributed by atoms with Crippen LogP contribution < -0.4 is 0 Å². The summed E-state index contributed by atoms with van der Waals surface area (Å²) in [4.78, 5) is 12.3. The van der Waals surface area contributed by atoms with E-state index in [0.717, 1.165) is 30.5 Å². The summed E-state index contributed by atoms with van der Waals surface area (Å²) in [7, 11) is 0. The molecule has 2 bridgehead atoms. The lowest BCUT2D eigenvalue weighted by molar-refractivity contribution is -0.145. The maximum absolute atomic E-state index is 12.8. The average Bonchev–Trinajstić information content (AvgIpc) is 2.58. The van der Waals surface area contributed by atoms with Gasteiger partial charge >= 0.3 is 12.1 Å². The van der Waals surface area contributed by atoms with Gasteiger partial charge in [-0.05, 0) is 54.2 Å². The van der Waals surface area contributed by atoms with E-state index >= 15 is 0 Å². The van der Waals surface area contributed by atoms with Gasteiger partial charge in [-0.2, -0.15) is 13.2 Å². The zero-order valence-corrected chi connectivity index (χ0v) is 14.7.